The van der Waals surface area contributed by atoms with Gasteiger partial charge in [-0.3, -0.25) is 9.59 Å². The van der Waals surface area contributed by atoms with E-state index in [9.17, 15) is 9.59 Å². The molecule has 2 aromatic heterocycles. The van der Waals surface area contributed by atoms with Gasteiger partial charge < -0.3 is 0 Å². The van der Waals surface area contributed by atoms with Gasteiger partial charge >= 0.3 is 0 Å². The molecule has 0 radical (unpaired) electrons. The number of halogens is 1. The lowest BCUT2D eigenvalue weighted by molar-refractivity contribution is -0.574. The summed E-state index contributed by atoms with van der Waals surface area (Å²) < 4.78 is 3.36. The van der Waals surface area contributed by atoms with Crippen LogP contribution in [0.15, 0.2) is 23.3 Å². The lowest BCUT2D eigenvalue weighted by atomic mass is 9.99. The van der Waals surface area contributed by atoms with Gasteiger partial charge in [0.2, 0.25) is 0 Å². The summed E-state index contributed by atoms with van der Waals surface area (Å²) in [6.45, 7) is 0.952. The van der Waals surface area contributed by atoms with E-state index in [1.807, 2.05) is 6.21 Å². The summed E-state index contributed by atoms with van der Waals surface area (Å²) in [4.78, 5) is 28.2. The maximum absolute atomic E-state index is 12.8. The molecular formula is C16H14ClN4O2+. The van der Waals surface area contributed by atoms with Crippen molar-refractivity contribution >= 4 is 24.1 Å². The Morgan fingerprint density at radius 1 is 1.39 bits per heavy atom. The van der Waals surface area contributed by atoms with Crippen LogP contribution in [0.5, 0.6) is 0 Å². The van der Waals surface area contributed by atoms with E-state index >= 15 is 0 Å². The van der Waals surface area contributed by atoms with Crippen molar-refractivity contribution in [1.82, 2.24) is 14.8 Å². The van der Waals surface area contributed by atoms with Gasteiger partial charge in [0, 0.05) is 19.0 Å². The molecule has 1 saturated heterocycles. The van der Waals surface area contributed by atoms with Crippen LogP contribution in [0.2, 0.25) is 5.02 Å². The fourth-order valence-corrected chi connectivity index (χ4v) is 3.54. The summed E-state index contributed by atoms with van der Waals surface area (Å²) in [5, 5.41) is 4.49. The van der Waals surface area contributed by atoms with E-state index in [0.29, 0.717) is 11.8 Å². The smallest absolute Gasteiger partial charge is 0.286 e. The van der Waals surface area contributed by atoms with Crippen molar-refractivity contribution in [2.45, 2.75) is 25.3 Å². The first-order valence-electron chi connectivity index (χ1n) is 7.53. The number of rotatable bonds is 2. The monoisotopic (exact) mass is 329 g/mol. The Labute approximate surface area is 137 Å². The van der Waals surface area contributed by atoms with Crippen LogP contribution in [-0.4, -0.2) is 38.4 Å². The third-order valence-electron chi connectivity index (χ3n) is 4.48. The molecular weight excluding hydrogens is 316 g/mol. The summed E-state index contributed by atoms with van der Waals surface area (Å²) in [7, 11) is 0. The van der Waals surface area contributed by atoms with E-state index in [2.05, 4.69) is 14.7 Å². The molecule has 2 aliphatic rings. The molecule has 4 rings (SSSR count). The van der Waals surface area contributed by atoms with Gasteiger partial charge in [0.1, 0.15) is 12.1 Å². The van der Waals surface area contributed by atoms with E-state index in [-0.39, 0.29) is 28.0 Å². The maximum Gasteiger partial charge on any atom is 0.286 e. The molecule has 6 nitrogen and oxygen atoms in total. The number of aromatic nitrogens is 3. The molecule has 116 valence electrons. The van der Waals surface area contributed by atoms with Gasteiger partial charge in [-0.25, -0.2) is 9.56 Å². The van der Waals surface area contributed by atoms with E-state index in [1.54, 1.807) is 6.20 Å². The van der Waals surface area contributed by atoms with Crippen molar-refractivity contribution in [2.75, 3.05) is 6.54 Å². The first kappa shape index (κ1) is 14.3. The van der Waals surface area contributed by atoms with Gasteiger partial charge in [-0.1, -0.05) is 11.6 Å². The molecule has 2 aliphatic heterocycles. The number of fused-ring (bicyclic) bond motifs is 3. The highest BCUT2D eigenvalue weighted by Crippen LogP contribution is 2.31. The van der Waals surface area contributed by atoms with Crippen LogP contribution in [0.3, 0.4) is 0 Å². The molecule has 1 unspecified atom stereocenters. The van der Waals surface area contributed by atoms with Crippen molar-refractivity contribution in [2.24, 2.45) is 0 Å². The van der Waals surface area contributed by atoms with E-state index < -0.39 is 0 Å². The van der Waals surface area contributed by atoms with Crippen molar-refractivity contribution in [3.05, 3.63) is 50.5 Å². The van der Waals surface area contributed by atoms with Gasteiger partial charge in [0.05, 0.1) is 22.3 Å². The number of hydrogen-bond donors (Lipinski definition) is 0. The predicted octanol–water partition coefficient (Wildman–Crippen LogP) is 1.76. The Hall–Kier alpha value is -2.34. The Morgan fingerprint density at radius 2 is 2.26 bits per heavy atom. The third kappa shape index (κ3) is 2.13. The summed E-state index contributed by atoms with van der Waals surface area (Å²) in [5.41, 5.74) is 1.49. The quantitative estimate of drug-likeness (QED) is 0.622. The number of pyridine rings is 1. The highest BCUT2D eigenvalue weighted by atomic mass is 35.5. The van der Waals surface area contributed by atoms with E-state index in [4.69, 9.17) is 11.6 Å². The molecule has 7 heteroatoms. The van der Waals surface area contributed by atoms with E-state index in [0.717, 1.165) is 36.1 Å². The standard InChI is InChI=1S/C16H14ClN4O2/c17-13-4-5-18-15(12(13)9-22)21-16(23)11-8-20-6-2-1-3-14(20)10(11)7-19-21/h4-5,7-9,14H,1-3,6H2/q+1. The minimum atomic E-state index is -0.269. The van der Waals surface area contributed by atoms with Gasteiger partial charge in [0.25, 0.3) is 5.56 Å². The fraction of sp³-hybridized carbons (Fsp3) is 0.312. The summed E-state index contributed by atoms with van der Waals surface area (Å²) in [5.74, 6) is 0.165. The van der Waals surface area contributed by atoms with Crippen molar-refractivity contribution < 1.29 is 9.37 Å². The number of carbonyl (C=O) groups excluding carboxylic acids is 1. The number of piperidine rings is 1. The lowest BCUT2D eigenvalue weighted by Gasteiger charge is -2.16. The average molecular weight is 330 g/mol. The Bertz CT molecular complexity index is 903. The Kier molecular flexibility index (Phi) is 3.34. The van der Waals surface area contributed by atoms with Gasteiger partial charge in [-0.2, -0.15) is 9.78 Å². The first-order chi connectivity index (χ1) is 11.2. The second kappa shape index (κ2) is 5.38. The van der Waals surface area contributed by atoms with Crippen molar-refractivity contribution in [3.8, 4) is 5.82 Å². The van der Waals surface area contributed by atoms with Gasteiger partial charge in [-0.05, 0) is 12.5 Å². The van der Waals surface area contributed by atoms with E-state index in [1.165, 1.54) is 12.3 Å². The number of hydrogen-bond acceptors (Lipinski definition) is 4. The first-order valence-corrected chi connectivity index (χ1v) is 7.91. The highest BCUT2D eigenvalue weighted by Gasteiger charge is 2.36. The average Bonchev–Trinajstić information content (AvgIpc) is 2.95. The van der Waals surface area contributed by atoms with Crippen molar-refractivity contribution in [3.63, 3.8) is 0 Å². The van der Waals surface area contributed by atoms with Crippen LogP contribution >= 0.6 is 11.6 Å². The number of nitrogens with zero attached hydrogens (tertiary/aromatic N) is 4. The van der Waals surface area contributed by atoms with Crippen molar-refractivity contribution in [1.29, 1.82) is 0 Å². The molecule has 4 heterocycles. The maximum atomic E-state index is 12.8. The molecule has 0 aromatic carbocycles. The molecule has 0 saturated carbocycles. The molecule has 23 heavy (non-hydrogen) atoms. The zero-order chi connectivity index (χ0) is 16.0. The van der Waals surface area contributed by atoms with Crippen LogP contribution in [0.1, 0.15) is 46.8 Å². The molecule has 0 bridgehead atoms. The number of carbonyl (C=O) groups is 1. The van der Waals surface area contributed by atoms with Crippen LogP contribution in [0.25, 0.3) is 5.82 Å². The molecule has 0 amide bonds. The fourth-order valence-electron chi connectivity index (χ4n) is 3.35. The largest absolute Gasteiger partial charge is 0.298 e. The van der Waals surface area contributed by atoms with Crippen LogP contribution < -0.4 is 5.56 Å². The Balaban J connectivity index is 1.91. The molecule has 1 atom stereocenters. The number of aldehydes is 1. The minimum absolute atomic E-state index is 0.165. The minimum Gasteiger partial charge on any atom is -0.298 e. The Morgan fingerprint density at radius 3 is 3.09 bits per heavy atom. The summed E-state index contributed by atoms with van der Waals surface area (Å²) in [6.07, 6.45) is 8.99. The molecule has 1 fully saturated rings. The summed E-state index contributed by atoms with van der Waals surface area (Å²) in [6, 6.07) is 1.76. The highest BCUT2D eigenvalue weighted by molar-refractivity contribution is 6.33. The SMILES string of the molecule is O=Cc1c(Cl)ccnc1-n1ncc2c(c1=O)C=[N+]1CCCCC21. The molecule has 0 aliphatic carbocycles. The van der Waals surface area contributed by atoms with Crippen LogP contribution in [-0.2, 0) is 0 Å². The lowest BCUT2D eigenvalue weighted by Crippen LogP contribution is -2.27. The topological polar surface area (TPSA) is 67.9 Å². The normalized spacial score (nSPS) is 19.0. The third-order valence-corrected chi connectivity index (χ3v) is 4.81. The van der Waals surface area contributed by atoms with Gasteiger partial charge in [0.15, 0.2) is 24.4 Å². The zero-order valence-electron chi connectivity index (χ0n) is 12.3. The van der Waals surface area contributed by atoms with Crippen LogP contribution in [0, 0.1) is 0 Å². The molecule has 0 spiro atoms. The zero-order valence-corrected chi connectivity index (χ0v) is 13.0. The second-order valence-corrected chi connectivity index (χ2v) is 6.16. The van der Waals surface area contributed by atoms with Crippen LogP contribution in [0.4, 0.5) is 0 Å². The van der Waals surface area contributed by atoms with Gasteiger partial charge in [-0.15, -0.1) is 0 Å². The predicted molar refractivity (Wildman–Crippen MR) is 84.9 cm³/mol. The molecule has 0 N–H and O–H groups in total. The summed E-state index contributed by atoms with van der Waals surface area (Å²) >= 11 is 6.02. The molecule has 2 aromatic rings. The second-order valence-electron chi connectivity index (χ2n) is 5.76.